The van der Waals surface area contributed by atoms with Crippen LogP contribution in [0.4, 0.5) is 0 Å². The molecule has 1 saturated heterocycles. The number of phenols is 1. The second-order valence-electron chi connectivity index (χ2n) is 6.12. The van der Waals surface area contributed by atoms with Crippen LogP contribution >= 0.6 is 0 Å². The van der Waals surface area contributed by atoms with Crippen molar-refractivity contribution in [1.29, 1.82) is 0 Å². The van der Waals surface area contributed by atoms with Gasteiger partial charge in [0.05, 0.1) is 6.61 Å². The van der Waals surface area contributed by atoms with Crippen molar-refractivity contribution >= 4 is 0 Å². The highest BCUT2D eigenvalue weighted by atomic mass is 16.5. The van der Waals surface area contributed by atoms with Crippen LogP contribution in [0.1, 0.15) is 38.7 Å². The van der Waals surface area contributed by atoms with Gasteiger partial charge < -0.3 is 15.6 Å². The number of benzene rings is 1. The van der Waals surface area contributed by atoms with Crippen LogP contribution in [0.5, 0.6) is 11.5 Å². The molecule has 0 saturated carbocycles. The summed E-state index contributed by atoms with van der Waals surface area (Å²) in [4.78, 5) is 2.48. The van der Waals surface area contributed by atoms with Crippen molar-refractivity contribution < 1.29 is 9.84 Å². The molecule has 0 aromatic heterocycles. The number of likely N-dealkylation sites (tertiary alicyclic amines) is 1. The van der Waals surface area contributed by atoms with E-state index in [-0.39, 0.29) is 11.3 Å². The van der Waals surface area contributed by atoms with E-state index in [1.54, 1.807) is 0 Å². The number of nitrogens with zero attached hydrogens (tertiary/aromatic N) is 1. The number of para-hydroxylation sites is 1. The van der Waals surface area contributed by atoms with Gasteiger partial charge in [-0.1, -0.05) is 18.6 Å². The highest BCUT2D eigenvalue weighted by Crippen LogP contribution is 2.34. The van der Waals surface area contributed by atoms with E-state index < -0.39 is 0 Å². The van der Waals surface area contributed by atoms with Gasteiger partial charge in [0.2, 0.25) is 0 Å². The summed E-state index contributed by atoms with van der Waals surface area (Å²) >= 11 is 0. The second-order valence-corrected chi connectivity index (χ2v) is 6.12. The first-order valence-corrected chi connectivity index (χ1v) is 7.99. The van der Waals surface area contributed by atoms with Crippen LogP contribution in [0.2, 0.25) is 0 Å². The third-order valence-electron chi connectivity index (χ3n) is 4.51. The molecule has 1 aromatic carbocycles. The van der Waals surface area contributed by atoms with Gasteiger partial charge in [0.15, 0.2) is 11.5 Å². The Kier molecular flexibility index (Phi) is 5.48. The van der Waals surface area contributed by atoms with Gasteiger partial charge in [0.25, 0.3) is 0 Å². The molecule has 4 nitrogen and oxygen atoms in total. The third kappa shape index (κ3) is 3.69. The number of rotatable bonds is 6. The van der Waals surface area contributed by atoms with Gasteiger partial charge in [0.1, 0.15) is 0 Å². The standard InChI is InChI=1S/C17H28N2O2/c1-3-21-15-9-7-8-14(16(15)20)12-17(2,13-18)19-10-5-4-6-11-19/h7-9,20H,3-6,10-13,18H2,1-2H3. The molecule has 2 rings (SSSR count). The van der Waals surface area contributed by atoms with Crippen LogP contribution in [0.3, 0.4) is 0 Å². The van der Waals surface area contributed by atoms with Gasteiger partial charge in [-0.3, -0.25) is 4.90 Å². The highest BCUT2D eigenvalue weighted by Gasteiger charge is 2.32. The molecule has 1 aromatic rings. The maximum absolute atomic E-state index is 10.4. The molecule has 1 aliphatic heterocycles. The molecule has 1 aliphatic rings. The van der Waals surface area contributed by atoms with Crippen molar-refractivity contribution in [3.05, 3.63) is 23.8 Å². The molecule has 1 atom stereocenters. The zero-order chi connectivity index (χ0) is 15.3. The van der Waals surface area contributed by atoms with E-state index in [0.29, 0.717) is 18.9 Å². The minimum absolute atomic E-state index is 0.108. The molecule has 0 bridgehead atoms. The first-order chi connectivity index (χ1) is 10.1. The van der Waals surface area contributed by atoms with E-state index in [1.165, 1.54) is 19.3 Å². The summed E-state index contributed by atoms with van der Waals surface area (Å²) in [5.74, 6) is 0.823. The van der Waals surface area contributed by atoms with E-state index >= 15 is 0 Å². The summed E-state index contributed by atoms with van der Waals surface area (Å²) in [7, 11) is 0. The quantitative estimate of drug-likeness (QED) is 0.846. The van der Waals surface area contributed by atoms with E-state index in [4.69, 9.17) is 10.5 Å². The molecular formula is C17H28N2O2. The predicted octanol–water partition coefficient (Wildman–Crippen LogP) is 2.54. The normalized spacial score (nSPS) is 19.2. The van der Waals surface area contributed by atoms with Crippen molar-refractivity contribution in [2.24, 2.45) is 5.73 Å². The fourth-order valence-electron chi connectivity index (χ4n) is 3.14. The van der Waals surface area contributed by atoms with Crippen LogP contribution in [-0.2, 0) is 6.42 Å². The lowest BCUT2D eigenvalue weighted by Gasteiger charge is -2.43. The number of hydrogen-bond acceptors (Lipinski definition) is 4. The van der Waals surface area contributed by atoms with Crippen molar-refractivity contribution in [3.63, 3.8) is 0 Å². The number of phenolic OH excluding ortho intramolecular Hbond substituents is 1. The number of piperidine rings is 1. The molecule has 0 radical (unpaired) electrons. The topological polar surface area (TPSA) is 58.7 Å². The van der Waals surface area contributed by atoms with Crippen molar-refractivity contribution in [2.75, 3.05) is 26.2 Å². The molecule has 1 fully saturated rings. The maximum atomic E-state index is 10.4. The van der Waals surface area contributed by atoms with Gasteiger partial charge in [-0.05, 0) is 57.8 Å². The van der Waals surface area contributed by atoms with E-state index in [9.17, 15) is 5.11 Å². The molecule has 0 aliphatic carbocycles. The average molecular weight is 292 g/mol. The van der Waals surface area contributed by atoms with Crippen molar-refractivity contribution in [2.45, 2.75) is 45.1 Å². The van der Waals surface area contributed by atoms with Gasteiger partial charge in [-0.2, -0.15) is 0 Å². The van der Waals surface area contributed by atoms with Crippen LogP contribution in [0, 0.1) is 0 Å². The molecule has 1 heterocycles. The van der Waals surface area contributed by atoms with Crippen LogP contribution in [0.15, 0.2) is 18.2 Å². The number of aromatic hydroxyl groups is 1. The molecule has 118 valence electrons. The van der Waals surface area contributed by atoms with Crippen LogP contribution < -0.4 is 10.5 Å². The Morgan fingerprint density at radius 2 is 2.00 bits per heavy atom. The van der Waals surface area contributed by atoms with Crippen LogP contribution in [0.25, 0.3) is 0 Å². The summed E-state index contributed by atoms with van der Waals surface area (Å²) in [6.45, 7) is 7.46. The van der Waals surface area contributed by atoms with Gasteiger partial charge in [-0.15, -0.1) is 0 Å². The summed E-state index contributed by atoms with van der Waals surface area (Å²) in [5, 5.41) is 10.4. The summed E-state index contributed by atoms with van der Waals surface area (Å²) in [5.41, 5.74) is 6.89. The lowest BCUT2D eigenvalue weighted by molar-refractivity contribution is 0.0864. The van der Waals surface area contributed by atoms with Gasteiger partial charge in [-0.25, -0.2) is 0 Å². The first-order valence-electron chi connectivity index (χ1n) is 7.99. The zero-order valence-corrected chi connectivity index (χ0v) is 13.3. The van der Waals surface area contributed by atoms with E-state index in [1.807, 2.05) is 25.1 Å². The fraction of sp³-hybridized carbons (Fsp3) is 0.647. The SMILES string of the molecule is CCOc1cccc(CC(C)(CN)N2CCCCC2)c1O. The van der Waals surface area contributed by atoms with Crippen molar-refractivity contribution in [1.82, 2.24) is 4.90 Å². The molecular weight excluding hydrogens is 264 g/mol. The van der Waals surface area contributed by atoms with E-state index in [2.05, 4.69) is 11.8 Å². The smallest absolute Gasteiger partial charge is 0.161 e. The predicted molar refractivity (Wildman–Crippen MR) is 85.9 cm³/mol. The first kappa shape index (κ1) is 16.1. The Balaban J connectivity index is 2.19. The molecule has 1 unspecified atom stereocenters. The lowest BCUT2D eigenvalue weighted by atomic mass is 9.88. The van der Waals surface area contributed by atoms with E-state index in [0.717, 1.165) is 25.1 Å². The maximum Gasteiger partial charge on any atom is 0.161 e. The summed E-state index contributed by atoms with van der Waals surface area (Å²) < 4.78 is 5.48. The van der Waals surface area contributed by atoms with Gasteiger partial charge >= 0.3 is 0 Å². The monoisotopic (exact) mass is 292 g/mol. The fourth-order valence-corrected chi connectivity index (χ4v) is 3.14. The second kappa shape index (κ2) is 7.14. The summed E-state index contributed by atoms with van der Waals surface area (Å²) in [6.07, 6.45) is 4.53. The summed E-state index contributed by atoms with van der Waals surface area (Å²) in [6, 6.07) is 5.71. The van der Waals surface area contributed by atoms with Crippen LogP contribution in [-0.4, -0.2) is 41.8 Å². The average Bonchev–Trinajstić information content (AvgIpc) is 2.52. The molecule has 0 spiro atoms. The number of nitrogens with two attached hydrogens (primary N) is 1. The Bertz CT molecular complexity index is 458. The Hall–Kier alpha value is -1.26. The lowest BCUT2D eigenvalue weighted by Crippen LogP contribution is -2.54. The Labute approximate surface area is 127 Å². The largest absolute Gasteiger partial charge is 0.504 e. The number of ether oxygens (including phenoxy) is 1. The minimum atomic E-state index is -0.108. The Morgan fingerprint density at radius 3 is 2.62 bits per heavy atom. The Morgan fingerprint density at radius 1 is 1.29 bits per heavy atom. The number of hydrogen-bond donors (Lipinski definition) is 2. The third-order valence-corrected chi connectivity index (χ3v) is 4.51. The van der Waals surface area contributed by atoms with Gasteiger partial charge in [0, 0.05) is 12.1 Å². The molecule has 21 heavy (non-hydrogen) atoms. The zero-order valence-electron chi connectivity index (χ0n) is 13.3. The molecule has 0 amide bonds. The molecule has 4 heteroatoms. The van der Waals surface area contributed by atoms with Crippen molar-refractivity contribution in [3.8, 4) is 11.5 Å². The molecule has 3 N–H and O–H groups in total. The highest BCUT2D eigenvalue weighted by molar-refractivity contribution is 5.46. The minimum Gasteiger partial charge on any atom is -0.504 e.